The number of hydrogen-bond donors (Lipinski definition) is 1. The summed E-state index contributed by atoms with van der Waals surface area (Å²) >= 11 is 0. The molecule has 9 nitrogen and oxygen atoms in total. The van der Waals surface area contributed by atoms with Crippen LogP contribution in [0.5, 0.6) is 0 Å². The Labute approximate surface area is 219 Å². The third-order valence-corrected chi connectivity index (χ3v) is 8.55. The van der Waals surface area contributed by atoms with Crippen LogP contribution in [0.1, 0.15) is 48.9 Å². The molecule has 0 bridgehead atoms. The van der Waals surface area contributed by atoms with Gasteiger partial charge in [-0.1, -0.05) is 19.3 Å². The number of nitrogens with one attached hydrogen (secondary N) is 1. The van der Waals surface area contributed by atoms with Crippen molar-refractivity contribution in [2.75, 3.05) is 64.5 Å². The number of ketones is 1. The number of anilines is 1. The Hall–Kier alpha value is -2.49. The highest BCUT2D eigenvalue weighted by molar-refractivity contribution is 5.99. The number of benzene rings is 1. The van der Waals surface area contributed by atoms with Gasteiger partial charge in [0.25, 0.3) is 5.91 Å². The predicted molar refractivity (Wildman–Crippen MR) is 140 cm³/mol. The van der Waals surface area contributed by atoms with E-state index in [1.807, 2.05) is 24.3 Å². The maximum atomic E-state index is 13.7. The van der Waals surface area contributed by atoms with E-state index in [1.165, 1.54) is 0 Å². The summed E-state index contributed by atoms with van der Waals surface area (Å²) in [7, 11) is 1.73. The third kappa shape index (κ3) is 5.84. The molecule has 9 heteroatoms. The van der Waals surface area contributed by atoms with E-state index in [-0.39, 0.29) is 36.2 Å². The number of Topliss-reactive ketones (excluding diaryl/α,β-unsaturated/α-hetero) is 1. The second-order valence-electron chi connectivity index (χ2n) is 10.8. The first-order chi connectivity index (χ1) is 18.0. The summed E-state index contributed by atoms with van der Waals surface area (Å²) in [6.07, 6.45) is 5.59. The van der Waals surface area contributed by atoms with Crippen LogP contribution in [0.2, 0.25) is 0 Å². The standard InChI is InChI=1S/C28H40N4O5/c1-36-18-17-30-13-15-31(16-14-30)22-9-7-21(8-10-22)27(34)29-25(20-5-3-2-4-6-20)28(35)32-12-11-24-26(32)23(33)19-37-24/h7-10,20,24-26H,2-6,11-19H2,1H3,(H,29,34)/t24-,25+,26-/m1/s1. The molecule has 3 atom stereocenters. The molecule has 1 aromatic carbocycles. The van der Waals surface area contributed by atoms with Crippen molar-refractivity contribution in [3.63, 3.8) is 0 Å². The van der Waals surface area contributed by atoms with Crippen molar-refractivity contribution in [3.05, 3.63) is 29.8 Å². The van der Waals surface area contributed by atoms with Gasteiger partial charge in [0, 0.05) is 57.6 Å². The molecule has 1 N–H and O–H groups in total. The van der Waals surface area contributed by atoms with E-state index >= 15 is 0 Å². The molecule has 202 valence electrons. The third-order valence-electron chi connectivity index (χ3n) is 8.55. The molecular weight excluding hydrogens is 472 g/mol. The van der Waals surface area contributed by atoms with Crippen molar-refractivity contribution in [3.8, 4) is 0 Å². The molecule has 0 unspecified atom stereocenters. The number of likely N-dealkylation sites (tertiary alicyclic amines) is 1. The number of piperazine rings is 1. The molecule has 1 saturated carbocycles. The maximum absolute atomic E-state index is 13.7. The Balaban J connectivity index is 1.24. The highest BCUT2D eigenvalue weighted by atomic mass is 16.5. The summed E-state index contributed by atoms with van der Waals surface area (Å²) < 4.78 is 10.8. The van der Waals surface area contributed by atoms with Gasteiger partial charge in [-0.15, -0.1) is 0 Å². The van der Waals surface area contributed by atoms with Crippen LogP contribution in [-0.2, 0) is 19.1 Å². The number of rotatable bonds is 8. The first kappa shape index (κ1) is 26.1. The zero-order valence-corrected chi connectivity index (χ0v) is 21.9. The van der Waals surface area contributed by atoms with Gasteiger partial charge in [0.1, 0.15) is 18.7 Å². The van der Waals surface area contributed by atoms with Gasteiger partial charge in [0.2, 0.25) is 5.91 Å². The molecule has 1 aromatic rings. The lowest BCUT2D eigenvalue weighted by Gasteiger charge is -2.36. The van der Waals surface area contributed by atoms with E-state index in [2.05, 4.69) is 15.1 Å². The lowest BCUT2D eigenvalue weighted by Crippen LogP contribution is -2.55. The van der Waals surface area contributed by atoms with Crippen LogP contribution < -0.4 is 10.2 Å². The number of carbonyl (C=O) groups is 3. The SMILES string of the molecule is COCCN1CCN(c2ccc(C(=O)N[C@H](C(=O)N3CC[C@H]4OCC(=O)[C@H]43)C3CCCCC3)cc2)CC1. The van der Waals surface area contributed by atoms with Crippen LogP contribution in [0.25, 0.3) is 0 Å². The Morgan fingerprint density at radius 2 is 1.76 bits per heavy atom. The molecule has 1 aliphatic carbocycles. The van der Waals surface area contributed by atoms with Crippen molar-refractivity contribution in [2.24, 2.45) is 5.92 Å². The first-order valence-corrected chi connectivity index (χ1v) is 13.9. The fourth-order valence-corrected chi connectivity index (χ4v) is 6.37. The van der Waals surface area contributed by atoms with Crippen LogP contribution in [0.3, 0.4) is 0 Å². The topological polar surface area (TPSA) is 91.4 Å². The minimum Gasteiger partial charge on any atom is -0.383 e. The van der Waals surface area contributed by atoms with Gasteiger partial charge in [-0.2, -0.15) is 0 Å². The quantitative estimate of drug-likeness (QED) is 0.567. The van der Waals surface area contributed by atoms with Gasteiger partial charge in [0.05, 0.1) is 12.7 Å². The molecule has 4 fully saturated rings. The molecule has 0 aromatic heterocycles. The van der Waals surface area contributed by atoms with E-state index in [4.69, 9.17) is 9.47 Å². The highest BCUT2D eigenvalue weighted by Gasteiger charge is 2.49. The monoisotopic (exact) mass is 512 g/mol. The second kappa shape index (κ2) is 11.9. The summed E-state index contributed by atoms with van der Waals surface area (Å²) in [5, 5.41) is 3.08. The molecular formula is C28H40N4O5. The van der Waals surface area contributed by atoms with Crippen LogP contribution >= 0.6 is 0 Å². The number of amides is 2. The van der Waals surface area contributed by atoms with Crippen LogP contribution in [-0.4, -0.2) is 105 Å². The average Bonchev–Trinajstić information content (AvgIpc) is 3.54. The number of fused-ring (bicyclic) bond motifs is 1. The smallest absolute Gasteiger partial charge is 0.251 e. The van der Waals surface area contributed by atoms with E-state index in [9.17, 15) is 14.4 Å². The minimum absolute atomic E-state index is 0.0281. The molecule has 4 aliphatic rings. The van der Waals surface area contributed by atoms with E-state index < -0.39 is 12.1 Å². The molecule has 5 rings (SSSR count). The normalized spacial score (nSPS) is 25.8. The van der Waals surface area contributed by atoms with Gasteiger partial charge >= 0.3 is 0 Å². The molecule has 3 aliphatic heterocycles. The number of hydrogen-bond acceptors (Lipinski definition) is 7. The van der Waals surface area contributed by atoms with E-state index in [0.717, 1.165) is 77.1 Å². The number of ether oxygens (including phenoxy) is 2. The van der Waals surface area contributed by atoms with Gasteiger partial charge < -0.3 is 24.6 Å². The van der Waals surface area contributed by atoms with Crippen molar-refractivity contribution < 1.29 is 23.9 Å². The molecule has 3 heterocycles. The minimum atomic E-state index is -0.611. The molecule has 0 radical (unpaired) electrons. The molecule has 0 spiro atoms. The zero-order chi connectivity index (χ0) is 25.8. The average molecular weight is 513 g/mol. The predicted octanol–water partition coefficient (Wildman–Crippen LogP) is 1.70. The summed E-state index contributed by atoms with van der Waals surface area (Å²) in [6, 6.07) is 6.59. The second-order valence-corrected chi connectivity index (χ2v) is 10.8. The summed E-state index contributed by atoms with van der Waals surface area (Å²) in [4.78, 5) is 45.9. The number of methoxy groups -OCH3 is 1. The number of nitrogens with zero attached hydrogens (tertiary/aromatic N) is 3. The molecule has 2 amide bonds. The Morgan fingerprint density at radius 1 is 1.03 bits per heavy atom. The van der Waals surface area contributed by atoms with Crippen molar-refractivity contribution in [2.45, 2.75) is 56.7 Å². The first-order valence-electron chi connectivity index (χ1n) is 13.9. The highest BCUT2D eigenvalue weighted by Crippen LogP contribution is 2.32. The Morgan fingerprint density at radius 3 is 2.46 bits per heavy atom. The lowest BCUT2D eigenvalue weighted by atomic mass is 9.83. The summed E-state index contributed by atoms with van der Waals surface area (Å²) in [5.41, 5.74) is 1.65. The fourth-order valence-electron chi connectivity index (χ4n) is 6.37. The van der Waals surface area contributed by atoms with Gasteiger partial charge in [-0.25, -0.2) is 0 Å². The van der Waals surface area contributed by atoms with E-state index in [1.54, 1.807) is 12.0 Å². The Kier molecular flexibility index (Phi) is 8.42. The van der Waals surface area contributed by atoms with Gasteiger partial charge in [-0.3, -0.25) is 19.3 Å². The van der Waals surface area contributed by atoms with Crippen LogP contribution in [0.15, 0.2) is 24.3 Å². The number of carbonyl (C=O) groups excluding carboxylic acids is 3. The summed E-state index contributed by atoms with van der Waals surface area (Å²) in [5.74, 6) is -0.297. The van der Waals surface area contributed by atoms with Crippen molar-refractivity contribution >= 4 is 23.3 Å². The van der Waals surface area contributed by atoms with Crippen LogP contribution in [0.4, 0.5) is 5.69 Å². The lowest BCUT2D eigenvalue weighted by molar-refractivity contribution is -0.139. The molecule has 3 saturated heterocycles. The fraction of sp³-hybridized carbons (Fsp3) is 0.679. The van der Waals surface area contributed by atoms with Crippen molar-refractivity contribution in [1.82, 2.24) is 15.1 Å². The van der Waals surface area contributed by atoms with Crippen molar-refractivity contribution in [1.29, 1.82) is 0 Å². The van der Waals surface area contributed by atoms with Gasteiger partial charge in [0.15, 0.2) is 5.78 Å². The zero-order valence-electron chi connectivity index (χ0n) is 21.9. The molecule has 37 heavy (non-hydrogen) atoms. The largest absolute Gasteiger partial charge is 0.383 e. The summed E-state index contributed by atoms with van der Waals surface area (Å²) in [6.45, 7) is 6.13. The Bertz CT molecular complexity index is 956. The van der Waals surface area contributed by atoms with Gasteiger partial charge in [-0.05, 0) is 49.4 Å². The van der Waals surface area contributed by atoms with Crippen LogP contribution in [0, 0.1) is 5.92 Å². The maximum Gasteiger partial charge on any atom is 0.251 e. The van der Waals surface area contributed by atoms with E-state index in [0.29, 0.717) is 18.5 Å².